The molecule has 0 bridgehead atoms. The molecule has 1 aromatic carbocycles. The largest absolute Gasteiger partial charge is 0.378 e. The number of hydrogen-bond donors (Lipinski definition) is 1. The highest BCUT2D eigenvalue weighted by Gasteiger charge is 2.22. The van der Waals surface area contributed by atoms with Crippen molar-refractivity contribution in [3.05, 3.63) is 42.1 Å². The second-order valence-corrected chi connectivity index (χ2v) is 6.76. The Labute approximate surface area is 160 Å². The summed E-state index contributed by atoms with van der Waals surface area (Å²) in [4.78, 5) is 26.0. The van der Waals surface area contributed by atoms with E-state index in [1.807, 2.05) is 56.3 Å². The van der Waals surface area contributed by atoms with E-state index in [4.69, 9.17) is 4.74 Å². The topological polar surface area (TPSA) is 70.6 Å². The fraction of sp³-hybridized carbons (Fsp3) is 0.450. The van der Waals surface area contributed by atoms with E-state index < -0.39 is 0 Å². The van der Waals surface area contributed by atoms with E-state index in [-0.39, 0.29) is 11.8 Å². The summed E-state index contributed by atoms with van der Waals surface area (Å²) in [5.41, 5.74) is 1.63. The number of benzene rings is 1. The first-order chi connectivity index (χ1) is 13.1. The number of nitrogens with one attached hydrogen (secondary N) is 1. The summed E-state index contributed by atoms with van der Waals surface area (Å²) in [5.74, 6) is 1.10. The van der Waals surface area contributed by atoms with Crippen LogP contribution in [0.25, 0.3) is 0 Å². The van der Waals surface area contributed by atoms with Crippen LogP contribution in [0, 0.1) is 0 Å². The zero-order chi connectivity index (χ0) is 19.2. The summed E-state index contributed by atoms with van der Waals surface area (Å²) >= 11 is 0. The molecular weight excluding hydrogens is 342 g/mol. The zero-order valence-electron chi connectivity index (χ0n) is 16.2. The second kappa shape index (κ2) is 8.81. The Kier molecular flexibility index (Phi) is 6.24. The zero-order valence-corrected chi connectivity index (χ0v) is 16.2. The van der Waals surface area contributed by atoms with E-state index >= 15 is 0 Å². The maximum Gasteiger partial charge on any atom is 0.232 e. The van der Waals surface area contributed by atoms with E-state index in [9.17, 15) is 4.79 Å². The van der Waals surface area contributed by atoms with Gasteiger partial charge in [-0.25, -0.2) is 4.98 Å². The number of aromatic nitrogens is 2. The highest BCUT2D eigenvalue weighted by Crippen LogP contribution is 2.27. The smallest absolute Gasteiger partial charge is 0.232 e. The first kappa shape index (κ1) is 19.1. The molecule has 7 nitrogen and oxygen atoms in total. The number of ether oxygens (including phenoxy) is 1. The van der Waals surface area contributed by atoms with E-state index in [0.717, 1.165) is 25.1 Å². The molecule has 1 amide bonds. The van der Waals surface area contributed by atoms with Crippen molar-refractivity contribution in [1.82, 2.24) is 9.97 Å². The number of carbonyl (C=O) groups excluding carboxylic acids is 1. The van der Waals surface area contributed by atoms with Gasteiger partial charge in [0.05, 0.1) is 25.3 Å². The Morgan fingerprint density at radius 2 is 1.96 bits per heavy atom. The van der Waals surface area contributed by atoms with Crippen LogP contribution in [0.15, 0.2) is 36.5 Å². The van der Waals surface area contributed by atoms with Gasteiger partial charge < -0.3 is 19.9 Å². The van der Waals surface area contributed by atoms with Gasteiger partial charge in [-0.2, -0.15) is 4.98 Å². The van der Waals surface area contributed by atoms with Crippen molar-refractivity contribution in [1.29, 1.82) is 0 Å². The number of nitrogens with zero attached hydrogens (tertiary/aromatic N) is 4. The molecule has 0 saturated carbocycles. The van der Waals surface area contributed by atoms with Crippen LogP contribution in [-0.2, 0) is 9.53 Å². The highest BCUT2D eigenvalue weighted by atomic mass is 16.5. The van der Waals surface area contributed by atoms with Gasteiger partial charge in [-0.15, -0.1) is 0 Å². The molecule has 0 aliphatic carbocycles. The van der Waals surface area contributed by atoms with Gasteiger partial charge >= 0.3 is 0 Å². The summed E-state index contributed by atoms with van der Waals surface area (Å²) in [7, 11) is 3.82. The summed E-state index contributed by atoms with van der Waals surface area (Å²) in [6.07, 6.45) is 2.42. The van der Waals surface area contributed by atoms with Crippen LogP contribution in [0.1, 0.15) is 24.8 Å². The minimum atomic E-state index is -0.208. The number of hydrogen-bond acceptors (Lipinski definition) is 6. The van der Waals surface area contributed by atoms with E-state index in [0.29, 0.717) is 30.7 Å². The Bertz CT molecular complexity index is 760. The number of morpholine rings is 1. The third-order valence-corrected chi connectivity index (χ3v) is 4.66. The Morgan fingerprint density at radius 3 is 2.59 bits per heavy atom. The summed E-state index contributed by atoms with van der Waals surface area (Å²) in [6, 6.07) is 9.83. The van der Waals surface area contributed by atoms with Gasteiger partial charge in [-0.05, 0) is 12.0 Å². The molecule has 1 aromatic heterocycles. The van der Waals surface area contributed by atoms with Crippen LogP contribution >= 0.6 is 0 Å². The normalized spacial score (nSPS) is 15.3. The van der Waals surface area contributed by atoms with Crippen molar-refractivity contribution in [2.45, 2.75) is 19.3 Å². The van der Waals surface area contributed by atoms with Crippen LogP contribution < -0.4 is 15.1 Å². The second-order valence-electron chi connectivity index (χ2n) is 6.76. The molecule has 0 radical (unpaired) electrons. The third kappa shape index (κ3) is 4.54. The van der Waals surface area contributed by atoms with Gasteiger partial charge in [0.25, 0.3) is 0 Å². The minimum absolute atomic E-state index is 0.0467. The van der Waals surface area contributed by atoms with E-state index in [2.05, 4.69) is 20.2 Å². The third-order valence-electron chi connectivity index (χ3n) is 4.66. The van der Waals surface area contributed by atoms with Crippen molar-refractivity contribution in [3.63, 3.8) is 0 Å². The van der Waals surface area contributed by atoms with Crippen molar-refractivity contribution in [2.24, 2.45) is 0 Å². The molecule has 2 aromatic rings. The molecule has 144 valence electrons. The van der Waals surface area contributed by atoms with Gasteiger partial charge in [0.1, 0.15) is 5.69 Å². The maximum absolute atomic E-state index is 12.9. The number of amides is 1. The minimum Gasteiger partial charge on any atom is -0.378 e. The molecule has 2 heterocycles. The standard InChI is InChI=1S/C20H27N5O2/c1-4-16(15-8-6-5-7-9-15)19(26)22-17-14-21-20(23-18(17)24(2)3)25-10-12-27-13-11-25/h5-9,14,16H,4,10-13H2,1-3H3,(H,22,26)/t16-/m1/s1. The fourth-order valence-electron chi connectivity index (χ4n) is 3.19. The van der Waals surface area contributed by atoms with Crippen molar-refractivity contribution in [2.75, 3.05) is 55.5 Å². The Hall–Kier alpha value is -2.67. The molecule has 1 atom stereocenters. The summed E-state index contributed by atoms with van der Waals surface area (Å²) < 4.78 is 5.39. The van der Waals surface area contributed by atoms with Crippen molar-refractivity contribution >= 4 is 23.4 Å². The average Bonchev–Trinajstić information content (AvgIpc) is 2.70. The van der Waals surface area contributed by atoms with Crippen LogP contribution in [0.2, 0.25) is 0 Å². The van der Waals surface area contributed by atoms with E-state index in [1.165, 1.54) is 0 Å². The number of anilines is 3. The molecule has 7 heteroatoms. The van der Waals surface area contributed by atoms with Gasteiger partial charge in [0.2, 0.25) is 11.9 Å². The first-order valence-electron chi connectivity index (χ1n) is 9.33. The molecular formula is C20H27N5O2. The molecule has 3 rings (SSSR count). The number of carbonyl (C=O) groups is 1. The molecule has 1 aliphatic rings. The lowest BCUT2D eigenvalue weighted by Crippen LogP contribution is -2.37. The van der Waals surface area contributed by atoms with E-state index in [1.54, 1.807) is 6.20 Å². The average molecular weight is 369 g/mol. The van der Waals surface area contributed by atoms with Crippen molar-refractivity contribution in [3.8, 4) is 0 Å². The van der Waals surface area contributed by atoms with Gasteiger partial charge in [0.15, 0.2) is 5.82 Å². The molecule has 1 saturated heterocycles. The number of rotatable bonds is 6. The van der Waals surface area contributed by atoms with Gasteiger partial charge in [-0.3, -0.25) is 4.79 Å². The fourth-order valence-corrected chi connectivity index (χ4v) is 3.19. The summed E-state index contributed by atoms with van der Waals surface area (Å²) in [6.45, 7) is 4.90. The first-order valence-corrected chi connectivity index (χ1v) is 9.33. The Balaban J connectivity index is 1.81. The molecule has 1 aliphatic heterocycles. The van der Waals surface area contributed by atoms with Crippen LogP contribution in [0.3, 0.4) is 0 Å². The lowest BCUT2D eigenvalue weighted by molar-refractivity contribution is -0.117. The monoisotopic (exact) mass is 369 g/mol. The SMILES string of the molecule is CC[C@@H](C(=O)Nc1cnc(N2CCOCC2)nc1N(C)C)c1ccccc1. The Morgan fingerprint density at radius 1 is 1.26 bits per heavy atom. The predicted molar refractivity (Wildman–Crippen MR) is 107 cm³/mol. The quantitative estimate of drug-likeness (QED) is 0.844. The van der Waals surface area contributed by atoms with Crippen molar-refractivity contribution < 1.29 is 9.53 Å². The molecule has 0 unspecified atom stereocenters. The van der Waals surface area contributed by atoms with Crippen LogP contribution in [0.4, 0.5) is 17.5 Å². The molecule has 1 fully saturated rings. The summed E-state index contributed by atoms with van der Waals surface area (Å²) in [5, 5.41) is 3.02. The van der Waals surface area contributed by atoms with Gasteiger partial charge in [-0.1, -0.05) is 37.3 Å². The van der Waals surface area contributed by atoms with Crippen LogP contribution in [0.5, 0.6) is 0 Å². The van der Waals surface area contributed by atoms with Gasteiger partial charge in [0, 0.05) is 27.2 Å². The lowest BCUT2D eigenvalue weighted by Gasteiger charge is -2.28. The molecule has 0 spiro atoms. The highest BCUT2D eigenvalue weighted by molar-refractivity contribution is 5.97. The van der Waals surface area contributed by atoms with Crippen LogP contribution in [-0.4, -0.2) is 56.3 Å². The lowest BCUT2D eigenvalue weighted by atomic mass is 9.95. The molecule has 1 N–H and O–H groups in total. The maximum atomic E-state index is 12.9. The molecule has 27 heavy (non-hydrogen) atoms. The predicted octanol–water partition coefficient (Wildman–Crippen LogP) is 2.51.